The number of aromatic nitrogens is 1. The van der Waals surface area contributed by atoms with E-state index in [0.29, 0.717) is 19.0 Å². The van der Waals surface area contributed by atoms with Crippen LogP contribution in [-0.2, 0) is 0 Å². The lowest BCUT2D eigenvalue weighted by Crippen LogP contribution is -2.33. The second kappa shape index (κ2) is 4.29. The van der Waals surface area contributed by atoms with E-state index in [2.05, 4.69) is 4.98 Å². The van der Waals surface area contributed by atoms with E-state index >= 15 is 0 Å². The van der Waals surface area contributed by atoms with E-state index in [9.17, 15) is 13.2 Å². The van der Waals surface area contributed by atoms with Crippen molar-refractivity contribution < 1.29 is 18.3 Å². The van der Waals surface area contributed by atoms with Crippen LogP contribution in [0.4, 0.5) is 19.0 Å². The molecule has 0 saturated carbocycles. The number of rotatable bonds is 2. The molecule has 1 N–H and O–H groups in total. The number of halogens is 3. The van der Waals surface area contributed by atoms with Crippen LogP contribution >= 0.6 is 0 Å². The minimum absolute atomic E-state index is 0.153. The third-order valence-electron chi connectivity index (χ3n) is 2.73. The lowest BCUT2D eigenvalue weighted by atomic mass is 10.2. The molecule has 1 saturated heterocycles. The van der Waals surface area contributed by atoms with Crippen LogP contribution in [0, 0.1) is 17.6 Å². The average Bonchev–Trinajstić information content (AvgIpc) is 2.71. The SMILES string of the molecule is OCC1CCCN1c1nc(F)c(F)cc1F. The Morgan fingerprint density at radius 1 is 1.38 bits per heavy atom. The van der Waals surface area contributed by atoms with Gasteiger partial charge in [-0.05, 0) is 12.8 Å². The van der Waals surface area contributed by atoms with Gasteiger partial charge in [0.25, 0.3) is 5.95 Å². The van der Waals surface area contributed by atoms with Gasteiger partial charge in [-0.15, -0.1) is 0 Å². The minimum atomic E-state index is -1.32. The van der Waals surface area contributed by atoms with Crippen LogP contribution in [0.25, 0.3) is 0 Å². The molecule has 1 aliphatic rings. The van der Waals surface area contributed by atoms with Crippen LogP contribution in [0.15, 0.2) is 6.07 Å². The van der Waals surface area contributed by atoms with Crippen LogP contribution in [0.5, 0.6) is 0 Å². The van der Waals surface area contributed by atoms with Crippen LogP contribution in [0.1, 0.15) is 12.8 Å². The highest BCUT2D eigenvalue weighted by molar-refractivity contribution is 5.42. The van der Waals surface area contributed by atoms with Crippen molar-refractivity contribution in [2.45, 2.75) is 18.9 Å². The number of pyridine rings is 1. The molecule has 1 aliphatic heterocycles. The van der Waals surface area contributed by atoms with Crippen molar-refractivity contribution in [1.82, 2.24) is 4.98 Å². The summed E-state index contributed by atoms with van der Waals surface area (Å²) in [5.74, 6) is -3.75. The maximum Gasteiger partial charge on any atom is 0.251 e. The summed E-state index contributed by atoms with van der Waals surface area (Å²) in [5.41, 5.74) is 0. The maximum atomic E-state index is 13.4. The van der Waals surface area contributed by atoms with Crippen LogP contribution in [0.2, 0.25) is 0 Å². The van der Waals surface area contributed by atoms with Gasteiger partial charge in [0.15, 0.2) is 17.5 Å². The standard InChI is InChI=1S/C10H11F3N2O/c11-7-4-8(12)10(14-9(7)13)15-3-1-2-6(15)5-16/h4,6,16H,1-3,5H2. The predicted octanol–water partition coefficient (Wildman–Crippen LogP) is 1.46. The summed E-state index contributed by atoms with van der Waals surface area (Å²) < 4.78 is 39.0. The van der Waals surface area contributed by atoms with Crippen molar-refractivity contribution in [3.8, 4) is 0 Å². The summed E-state index contributed by atoms with van der Waals surface area (Å²) in [6, 6.07) is 0.205. The fraction of sp³-hybridized carbons (Fsp3) is 0.500. The first-order valence-corrected chi connectivity index (χ1v) is 5.02. The highest BCUT2D eigenvalue weighted by atomic mass is 19.2. The molecule has 1 aromatic heterocycles. The molecule has 0 radical (unpaired) electrons. The zero-order valence-corrected chi connectivity index (χ0v) is 8.46. The third kappa shape index (κ3) is 1.84. The van der Waals surface area contributed by atoms with Gasteiger partial charge in [-0.2, -0.15) is 9.37 Å². The highest BCUT2D eigenvalue weighted by Gasteiger charge is 2.28. The van der Waals surface area contributed by atoms with Crippen molar-refractivity contribution in [2.75, 3.05) is 18.1 Å². The Morgan fingerprint density at radius 3 is 2.81 bits per heavy atom. The molecule has 16 heavy (non-hydrogen) atoms. The Labute approximate surface area is 90.5 Å². The van der Waals surface area contributed by atoms with Gasteiger partial charge in [-0.3, -0.25) is 0 Å². The van der Waals surface area contributed by atoms with Crippen LogP contribution in [-0.4, -0.2) is 29.3 Å². The predicted molar refractivity (Wildman–Crippen MR) is 51.6 cm³/mol. The quantitative estimate of drug-likeness (QED) is 0.784. The van der Waals surface area contributed by atoms with E-state index < -0.39 is 17.6 Å². The molecule has 1 atom stereocenters. The third-order valence-corrected chi connectivity index (χ3v) is 2.73. The van der Waals surface area contributed by atoms with Crippen molar-refractivity contribution in [3.63, 3.8) is 0 Å². The summed E-state index contributed by atoms with van der Waals surface area (Å²) in [6.07, 6.45) is 1.46. The van der Waals surface area contributed by atoms with Gasteiger partial charge in [0, 0.05) is 12.6 Å². The largest absolute Gasteiger partial charge is 0.394 e. The fourth-order valence-corrected chi connectivity index (χ4v) is 1.94. The average molecular weight is 232 g/mol. The molecular weight excluding hydrogens is 221 g/mol. The smallest absolute Gasteiger partial charge is 0.251 e. The molecule has 2 rings (SSSR count). The maximum absolute atomic E-state index is 13.4. The molecule has 0 bridgehead atoms. The van der Waals surface area contributed by atoms with Gasteiger partial charge >= 0.3 is 0 Å². The molecular formula is C10H11F3N2O. The first-order chi connectivity index (χ1) is 7.63. The highest BCUT2D eigenvalue weighted by Crippen LogP contribution is 2.26. The summed E-state index contributed by atoms with van der Waals surface area (Å²) >= 11 is 0. The molecule has 0 spiro atoms. The number of hydrogen-bond acceptors (Lipinski definition) is 3. The second-order valence-electron chi connectivity index (χ2n) is 3.74. The Hall–Kier alpha value is -1.30. The Bertz CT molecular complexity index is 400. The van der Waals surface area contributed by atoms with E-state index in [1.54, 1.807) is 0 Å². The topological polar surface area (TPSA) is 36.4 Å². The van der Waals surface area contributed by atoms with Crippen molar-refractivity contribution in [3.05, 3.63) is 23.6 Å². The molecule has 1 unspecified atom stereocenters. The molecule has 3 nitrogen and oxygen atoms in total. The summed E-state index contributed by atoms with van der Waals surface area (Å²) in [6.45, 7) is 0.334. The molecule has 0 aromatic carbocycles. The first kappa shape index (κ1) is 11.2. The second-order valence-corrected chi connectivity index (χ2v) is 3.74. The van der Waals surface area contributed by atoms with Gasteiger partial charge in [0.1, 0.15) is 0 Å². The van der Waals surface area contributed by atoms with Gasteiger partial charge in [0.05, 0.1) is 12.6 Å². The van der Waals surface area contributed by atoms with Gasteiger partial charge < -0.3 is 10.0 Å². The number of anilines is 1. The van der Waals surface area contributed by atoms with Gasteiger partial charge in [-0.25, -0.2) is 8.78 Å². The van der Waals surface area contributed by atoms with E-state index in [1.807, 2.05) is 0 Å². The zero-order valence-electron chi connectivity index (χ0n) is 8.46. The Kier molecular flexibility index (Phi) is 3.00. The summed E-state index contributed by atoms with van der Waals surface area (Å²) in [5, 5.41) is 9.05. The van der Waals surface area contributed by atoms with Crippen molar-refractivity contribution in [1.29, 1.82) is 0 Å². The van der Waals surface area contributed by atoms with Crippen molar-refractivity contribution >= 4 is 5.82 Å². The number of nitrogens with zero attached hydrogens (tertiary/aromatic N) is 2. The molecule has 0 aliphatic carbocycles. The first-order valence-electron chi connectivity index (χ1n) is 5.02. The summed E-state index contributed by atoms with van der Waals surface area (Å²) in [7, 11) is 0. The fourth-order valence-electron chi connectivity index (χ4n) is 1.94. The Balaban J connectivity index is 2.36. The normalized spacial score (nSPS) is 20.5. The van der Waals surface area contributed by atoms with Crippen LogP contribution < -0.4 is 4.90 Å². The van der Waals surface area contributed by atoms with E-state index in [0.717, 1.165) is 6.42 Å². The number of hydrogen-bond donors (Lipinski definition) is 1. The molecule has 1 aromatic rings. The van der Waals surface area contributed by atoms with Gasteiger partial charge in [-0.1, -0.05) is 0 Å². The molecule has 0 amide bonds. The minimum Gasteiger partial charge on any atom is -0.394 e. The molecule has 6 heteroatoms. The van der Waals surface area contributed by atoms with Gasteiger partial charge in [0.2, 0.25) is 0 Å². The van der Waals surface area contributed by atoms with E-state index in [4.69, 9.17) is 5.11 Å². The number of aliphatic hydroxyl groups is 1. The molecule has 1 fully saturated rings. The molecule has 88 valence electrons. The van der Waals surface area contributed by atoms with Crippen LogP contribution in [0.3, 0.4) is 0 Å². The summed E-state index contributed by atoms with van der Waals surface area (Å²) in [4.78, 5) is 4.72. The van der Waals surface area contributed by atoms with E-state index in [1.165, 1.54) is 4.90 Å². The monoisotopic (exact) mass is 232 g/mol. The van der Waals surface area contributed by atoms with Crippen molar-refractivity contribution in [2.24, 2.45) is 0 Å². The van der Waals surface area contributed by atoms with E-state index in [-0.39, 0.29) is 18.5 Å². The lowest BCUT2D eigenvalue weighted by Gasteiger charge is -2.24. The zero-order chi connectivity index (χ0) is 11.7. The lowest BCUT2D eigenvalue weighted by molar-refractivity contribution is 0.265. The molecule has 2 heterocycles. The Morgan fingerprint density at radius 2 is 2.12 bits per heavy atom. The number of aliphatic hydroxyl groups excluding tert-OH is 1.